The van der Waals surface area contributed by atoms with Crippen LogP contribution in [0.5, 0.6) is 5.75 Å². The Bertz CT molecular complexity index is 1260. The maximum atomic E-state index is 13.2. The molecule has 0 atom stereocenters. The van der Waals surface area contributed by atoms with E-state index in [1.165, 1.54) is 17.4 Å². The molecule has 0 bridgehead atoms. The second-order valence-electron chi connectivity index (χ2n) is 8.12. The van der Waals surface area contributed by atoms with Gasteiger partial charge in [0.15, 0.2) is 5.58 Å². The summed E-state index contributed by atoms with van der Waals surface area (Å²) >= 11 is 1.42. The minimum Gasteiger partial charge on any atom is -0.491 e. The molecular weight excluding hydrogens is 439 g/mol. The van der Waals surface area contributed by atoms with E-state index in [1.54, 1.807) is 12.1 Å². The van der Waals surface area contributed by atoms with Crippen LogP contribution < -0.4 is 4.74 Å². The standard InChI is InChI=1S/C24H24F3NO3S/c1-13(2)23-16-5-4-15(24(25,26)27)11-22(16)32-21(23)7-6-18-17-10-14(3)19(30-9-8-29)12-20(17)31-28-18/h4-5,10-13,29H,6-9H2,1-3H3. The van der Waals surface area contributed by atoms with Gasteiger partial charge in [-0.1, -0.05) is 25.1 Å². The van der Waals surface area contributed by atoms with Gasteiger partial charge in [-0.3, -0.25) is 0 Å². The molecular formula is C24H24F3NO3S. The fourth-order valence-electron chi connectivity index (χ4n) is 4.01. The van der Waals surface area contributed by atoms with Crippen LogP contribution in [-0.2, 0) is 19.0 Å². The lowest BCUT2D eigenvalue weighted by atomic mass is 9.96. The first-order valence-electron chi connectivity index (χ1n) is 10.4. The first-order valence-corrected chi connectivity index (χ1v) is 11.3. The number of ether oxygens (including phenoxy) is 1. The van der Waals surface area contributed by atoms with Gasteiger partial charge in [0.25, 0.3) is 0 Å². The summed E-state index contributed by atoms with van der Waals surface area (Å²) in [6.45, 7) is 6.17. The molecule has 32 heavy (non-hydrogen) atoms. The molecule has 170 valence electrons. The number of halogens is 3. The van der Waals surface area contributed by atoms with Crippen LogP contribution in [0.2, 0.25) is 0 Å². The summed E-state index contributed by atoms with van der Waals surface area (Å²) in [5, 5.41) is 15.0. The Morgan fingerprint density at radius 3 is 2.59 bits per heavy atom. The molecule has 0 spiro atoms. The third-order valence-electron chi connectivity index (χ3n) is 5.49. The second-order valence-corrected chi connectivity index (χ2v) is 9.25. The molecule has 0 aliphatic carbocycles. The summed E-state index contributed by atoms with van der Waals surface area (Å²) in [7, 11) is 0. The van der Waals surface area contributed by atoms with Gasteiger partial charge in [0, 0.05) is 21.0 Å². The predicted molar refractivity (Wildman–Crippen MR) is 120 cm³/mol. The average Bonchev–Trinajstić information content (AvgIpc) is 3.29. The van der Waals surface area contributed by atoms with Crippen LogP contribution in [-0.4, -0.2) is 23.5 Å². The fraction of sp³-hybridized carbons (Fsp3) is 0.375. The number of aromatic nitrogens is 1. The van der Waals surface area contributed by atoms with Gasteiger partial charge in [-0.25, -0.2) is 0 Å². The van der Waals surface area contributed by atoms with Crippen molar-refractivity contribution in [2.75, 3.05) is 13.2 Å². The van der Waals surface area contributed by atoms with E-state index in [1.807, 2.05) is 13.0 Å². The molecule has 4 aromatic rings. The van der Waals surface area contributed by atoms with Gasteiger partial charge in [0.1, 0.15) is 12.4 Å². The summed E-state index contributed by atoms with van der Waals surface area (Å²) in [6.07, 6.45) is -3.08. The molecule has 1 N–H and O–H groups in total. The number of aryl methyl sites for hydroxylation is 3. The van der Waals surface area contributed by atoms with Crippen LogP contribution in [0.25, 0.3) is 21.1 Å². The van der Waals surface area contributed by atoms with Crippen molar-refractivity contribution in [2.24, 2.45) is 0 Å². The van der Waals surface area contributed by atoms with E-state index in [9.17, 15) is 13.2 Å². The van der Waals surface area contributed by atoms with Crippen molar-refractivity contribution in [3.63, 3.8) is 0 Å². The molecule has 0 amide bonds. The van der Waals surface area contributed by atoms with Crippen LogP contribution in [0.4, 0.5) is 13.2 Å². The molecule has 2 aromatic heterocycles. The number of hydrogen-bond donors (Lipinski definition) is 1. The average molecular weight is 464 g/mol. The Hall–Kier alpha value is -2.58. The fourth-order valence-corrected chi connectivity index (χ4v) is 5.41. The van der Waals surface area contributed by atoms with Crippen molar-refractivity contribution in [1.82, 2.24) is 5.16 Å². The molecule has 2 heterocycles. The Morgan fingerprint density at radius 2 is 1.91 bits per heavy atom. The lowest BCUT2D eigenvalue weighted by molar-refractivity contribution is -0.137. The van der Waals surface area contributed by atoms with Gasteiger partial charge in [0.2, 0.25) is 0 Å². The Balaban J connectivity index is 1.64. The van der Waals surface area contributed by atoms with Crippen molar-refractivity contribution in [3.8, 4) is 5.75 Å². The summed E-state index contributed by atoms with van der Waals surface area (Å²) < 4.78 is 51.1. The van der Waals surface area contributed by atoms with Crippen LogP contribution in [0.15, 0.2) is 34.9 Å². The Kier molecular flexibility index (Phi) is 6.18. The SMILES string of the molecule is Cc1cc2c(CCc3sc4cc(C(F)(F)F)ccc4c3C(C)C)noc2cc1OCCO. The summed E-state index contributed by atoms with van der Waals surface area (Å²) in [5.74, 6) is 0.833. The molecule has 0 fully saturated rings. The van der Waals surface area contributed by atoms with Gasteiger partial charge in [0.05, 0.1) is 17.9 Å². The van der Waals surface area contributed by atoms with Crippen LogP contribution in [0.1, 0.15) is 47.0 Å². The van der Waals surface area contributed by atoms with Crippen molar-refractivity contribution < 1.29 is 27.5 Å². The number of benzene rings is 2. The molecule has 0 aliphatic heterocycles. The number of thiophene rings is 1. The molecule has 4 rings (SSSR count). The highest BCUT2D eigenvalue weighted by Crippen LogP contribution is 2.40. The summed E-state index contributed by atoms with van der Waals surface area (Å²) in [6, 6.07) is 7.73. The normalized spacial score (nSPS) is 12.4. The van der Waals surface area contributed by atoms with Gasteiger partial charge in [-0.2, -0.15) is 13.2 Å². The number of aliphatic hydroxyl groups excluding tert-OH is 1. The first kappa shape index (κ1) is 22.6. The smallest absolute Gasteiger partial charge is 0.416 e. The minimum absolute atomic E-state index is 0.0725. The summed E-state index contributed by atoms with van der Waals surface area (Å²) in [5.41, 5.74) is 2.81. The molecule has 0 radical (unpaired) electrons. The first-order chi connectivity index (χ1) is 15.2. The zero-order valence-electron chi connectivity index (χ0n) is 18.0. The second kappa shape index (κ2) is 8.75. The lowest BCUT2D eigenvalue weighted by Gasteiger charge is -2.09. The Morgan fingerprint density at radius 1 is 1.12 bits per heavy atom. The summed E-state index contributed by atoms with van der Waals surface area (Å²) in [4.78, 5) is 1.07. The van der Waals surface area contributed by atoms with Gasteiger partial charge >= 0.3 is 6.18 Å². The van der Waals surface area contributed by atoms with Gasteiger partial charge in [-0.15, -0.1) is 11.3 Å². The third-order valence-corrected chi connectivity index (χ3v) is 6.72. The number of aliphatic hydroxyl groups is 1. The van der Waals surface area contributed by atoms with Crippen molar-refractivity contribution in [1.29, 1.82) is 0 Å². The quantitative estimate of drug-likeness (QED) is 0.333. The molecule has 0 aliphatic rings. The predicted octanol–water partition coefficient (Wildman–Crippen LogP) is 6.65. The van der Waals surface area contributed by atoms with Crippen LogP contribution in [0.3, 0.4) is 0 Å². The molecule has 2 aromatic carbocycles. The van der Waals surface area contributed by atoms with Gasteiger partial charge in [-0.05, 0) is 60.4 Å². The highest BCUT2D eigenvalue weighted by Gasteiger charge is 2.31. The molecule has 8 heteroatoms. The highest BCUT2D eigenvalue weighted by atomic mass is 32.1. The lowest BCUT2D eigenvalue weighted by Crippen LogP contribution is -2.03. The van der Waals surface area contributed by atoms with E-state index < -0.39 is 11.7 Å². The Labute approximate surface area is 187 Å². The number of nitrogens with zero attached hydrogens (tertiary/aromatic N) is 1. The third kappa shape index (κ3) is 4.34. The van der Waals surface area contributed by atoms with E-state index in [0.717, 1.165) is 38.5 Å². The zero-order chi connectivity index (χ0) is 23.0. The largest absolute Gasteiger partial charge is 0.491 e. The van der Waals surface area contributed by atoms with E-state index in [-0.39, 0.29) is 19.1 Å². The molecule has 0 saturated heterocycles. The van der Waals surface area contributed by atoms with Crippen molar-refractivity contribution in [2.45, 2.75) is 45.7 Å². The minimum atomic E-state index is -4.35. The molecule has 0 unspecified atom stereocenters. The number of hydrogen-bond acceptors (Lipinski definition) is 5. The van der Waals surface area contributed by atoms with Crippen LogP contribution in [0, 0.1) is 6.92 Å². The van der Waals surface area contributed by atoms with E-state index in [2.05, 4.69) is 19.0 Å². The monoisotopic (exact) mass is 463 g/mol. The number of alkyl halides is 3. The zero-order valence-corrected chi connectivity index (χ0v) is 18.9. The highest BCUT2D eigenvalue weighted by molar-refractivity contribution is 7.19. The van der Waals surface area contributed by atoms with E-state index in [4.69, 9.17) is 14.4 Å². The number of rotatable bonds is 7. The molecule has 0 saturated carbocycles. The van der Waals surface area contributed by atoms with Crippen molar-refractivity contribution in [3.05, 3.63) is 57.6 Å². The maximum absolute atomic E-state index is 13.2. The van der Waals surface area contributed by atoms with E-state index >= 15 is 0 Å². The van der Waals surface area contributed by atoms with Gasteiger partial charge < -0.3 is 14.4 Å². The molecule has 4 nitrogen and oxygen atoms in total. The maximum Gasteiger partial charge on any atom is 0.416 e. The topological polar surface area (TPSA) is 55.5 Å². The van der Waals surface area contributed by atoms with E-state index in [0.29, 0.717) is 28.9 Å². The van der Waals surface area contributed by atoms with Crippen molar-refractivity contribution >= 4 is 32.4 Å². The number of fused-ring (bicyclic) bond motifs is 2. The van der Waals surface area contributed by atoms with Crippen LogP contribution >= 0.6 is 11.3 Å².